The maximum atomic E-state index is 12.9. The van der Waals surface area contributed by atoms with E-state index in [4.69, 9.17) is 20.8 Å². The summed E-state index contributed by atoms with van der Waals surface area (Å²) >= 11 is 6.06. The van der Waals surface area contributed by atoms with Gasteiger partial charge in [-0.3, -0.25) is 9.69 Å². The topological polar surface area (TPSA) is 42.7 Å². The van der Waals surface area contributed by atoms with E-state index in [-0.39, 0.29) is 11.5 Å². The van der Waals surface area contributed by atoms with Crippen LogP contribution >= 0.6 is 11.6 Å². The lowest BCUT2D eigenvalue weighted by molar-refractivity contribution is 0.0676. The number of ether oxygens (including phenoxy) is 1. The molecule has 0 N–H and O–H groups in total. The average Bonchev–Trinajstić information content (AvgIpc) is 3.18. The predicted octanol–water partition coefficient (Wildman–Crippen LogP) is 4.63. The Morgan fingerprint density at radius 2 is 1.96 bits per heavy atom. The molecule has 4 rings (SSSR count). The van der Waals surface area contributed by atoms with Crippen LogP contribution in [0.3, 0.4) is 0 Å². The quantitative estimate of drug-likeness (QED) is 0.622. The molecule has 0 unspecified atom stereocenters. The highest BCUT2D eigenvalue weighted by Gasteiger charge is 2.21. The molecule has 1 aliphatic rings. The van der Waals surface area contributed by atoms with E-state index in [1.165, 1.54) is 5.56 Å². The van der Waals surface area contributed by atoms with Crippen molar-refractivity contribution in [3.8, 4) is 0 Å². The number of rotatable bonds is 6. The number of hydrogen-bond donors (Lipinski definition) is 0. The molecule has 27 heavy (non-hydrogen) atoms. The van der Waals surface area contributed by atoms with Gasteiger partial charge in [0.25, 0.3) is 0 Å². The minimum atomic E-state index is -0.0239. The first kappa shape index (κ1) is 18.2. The Morgan fingerprint density at radius 3 is 2.74 bits per heavy atom. The van der Waals surface area contributed by atoms with Crippen LogP contribution in [0.4, 0.5) is 0 Å². The molecule has 1 fully saturated rings. The average molecular weight is 384 g/mol. The third-order valence-corrected chi connectivity index (χ3v) is 5.17. The molecule has 5 heteroatoms. The van der Waals surface area contributed by atoms with Gasteiger partial charge >= 0.3 is 0 Å². The van der Waals surface area contributed by atoms with Gasteiger partial charge in [0.2, 0.25) is 0 Å². The Morgan fingerprint density at radius 1 is 1.11 bits per heavy atom. The molecule has 0 spiro atoms. The Balaban J connectivity index is 1.61. The van der Waals surface area contributed by atoms with E-state index >= 15 is 0 Å². The van der Waals surface area contributed by atoms with Crippen molar-refractivity contribution in [2.24, 2.45) is 0 Å². The van der Waals surface area contributed by atoms with Crippen molar-refractivity contribution in [1.82, 2.24) is 4.90 Å². The van der Waals surface area contributed by atoms with Gasteiger partial charge in [0.15, 0.2) is 5.43 Å². The van der Waals surface area contributed by atoms with Gasteiger partial charge in [0.1, 0.15) is 5.58 Å². The van der Waals surface area contributed by atoms with Crippen molar-refractivity contribution in [3.05, 3.63) is 81.2 Å². The maximum Gasteiger partial charge on any atom is 0.197 e. The van der Waals surface area contributed by atoms with E-state index in [0.29, 0.717) is 28.1 Å². The summed E-state index contributed by atoms with van der Waals surface area (Å²) in [5, 5.41) is 1.06. The molecule has 0 bridgehead atoms. The molecule has 2 aromatic carbocycles. The second kappa shape index (κ2) is 8.26. The van der Waals surface area contributed by atoms with Gasteiger partial charge in [0, 0.05) is 36.8 Å². The Labute approximate surface area is 163 Å². The van der Waals surface area contributed by atoms with Crippen LogP contribution in [-0.2, 0) is 17.8 Å². The van der Waals surface area contributed by atoms with Crippen LogP contribution in [0.25, 0.3) is 11.0 Å². The van der Waals surface area contributed by atoms with E-state index < -0.39 is 0 Å². The van der Waals surface area contributed by atoms with E-state index in [1.807, 2.05) is 18.2 Å². The summed E-state index contributed by atoms with van der Waals surface area (Å²) in [4.78, 5) is 15.2. The molecule has 0 radical (unpaired) electrons. The van der Waals surface area contributed by atoms with E-state index in [2.05, 4.69) is 17.0 Å². The van der Waals surface area contributed by atoms with E-state index in [1.54, 1.807) is 24.5 Å². The third-order valence-electron chi connectivity index (χ3n) is 4.93. The Kier molecular flexibility index (Phi) is 5.58. The highest BCUT2D eigenvalue weighted by atomic mass is 35.5. The molecule has 1 atom stereocenters. The fraction of sp³-hybridized carbons (Fsp3) is 0.318. The van der Waals surface area contributed by atoms with Crippen LogP contribution in [0.1, 0.15) is 24.0 Å². The van der Waals surface area contributed by atoms with Crippen LogP contribution in [0, 0.1) is 0 Å². The zero-order valence-corrected chi connectivity index (χ0v) is 15.8. The molecule has 1 aliphatic heterocycles. The van der Waals surface area contributed by atoms with Gasteiger partial charge in [0.05, 0.1) is 17.8 Å². The zero-order valence-electron chi connectivity index (χ0n) is 15.1. The molecule has 4 nitrogen and oxygen atoms in total. The van der Waals surface area contributed by atoms with Crippen LogP contribution in [0.15, 0.2) is 64.0 Å². The first-order chi connectivity index (χ1) is 13.2. The lowest BCUT2D eigenvalue weighted by Gasteiger charge is -2.25. The van der Waals surface area contributed by atoms with E-state index in [0.717, 1.165) is 32.5 Å². The molecule has 3 aromatic rings. The summed E-state index contributed by atoms with van der Waals surface area (Å²) in [5.41, 5.74) is 2.38. The van der Waals surface area contributed by atoms with Crippen LogP contribution < -0.4 is 5.43 Å². The number of halogens is 1. The van der Waals surface area contributed by atoms with Crippen molar-refractivity contribution in [1.29, 1.82) is 0 Å². The minimum absolute atomic E-state index is 0.0239. The standard InChI is InChI=1S/C22H22ClNO3/c23-18-8-9-21-20(11-18)22(25)17(15-27-21)13-24(14-19-7-4-10-26-19)12-16-5-2-1-3-6-16/h1-3,5-6,8-9,11,15,19H,4,7,10,12-14H2/t19-/m1/s1. The number of benzene rings is 2. The van der Waals surface area contributed by atoms with Gasteiger partial charge < -0.3 is 9.15 Å². The molecular weight excluding hydrogens is 362 g/mol. The first-order valence-corrected chi connectivity index (χ1v) is 9.64. The molecule has 2 heterocycles. The summed E-state index contributed by atoms with van der Waals surface area (Å²) in [6, 6.07) is 15.4. The van der Waals surface area contributed by atoms with Crippen molar-refractivity contribution >= 4 is 22.6 Å². The number of fused-ring (bicyclic) bond motifs is 1. The molecular formula is C22H22ClNO3. The highest BCUT2D eigenvalue weighted by Crippen LogP contribution is 2.20. The largest absolute Gasteiger partial charge is 0.464 e. The lowest BCUT2D eigenvalue weighted by Crippen LogP contribution is -2.33. The molecule has 1 aromatic heterocycles. The fourth-order valence-corrected chi connectivity index (χ4v) is 3.77. The predicted molar refractivity (Wildman–Crippen MR) is 107 cm³/mol. The minimum Gasteiger partial charge on any atom is -0.464 e. The molecule has 140 valence electrons. The molecule has 0 saturated carbocycles. The van der Waals surface area contributed by atoms with Gasteiger partial charge in [-0.05, 0) is 36.6 Å². The van der Waals surface area contributed by atoms with E-state index in [9.17, 15) is 4.79 Å². The zero-order chi connectivity index (χ0) is 18.6. The van der Waals surface area contributed by atoms with Crippen LogP contribution in [-0.4, -0.2) is 24.2 Å². The second-order valence-corrected chi connectivity index (χ2v) is 7.46. The van der Waals surface area contributed by atoms with Crippen molar-refractivity contribution in [2.75, 3.05) is 13.2 Å². The highest BCUT2D eigenvalue weighted by molar-refractivity contribution is 6.31. The maximum absolute atomic E-state index is 12.9. The Bertz CT molecular complexity index is 964. The molecule has 0 aliphatic carbocycles. The van der Waals surface area contributed by atoms with Crippen LogP contribution in [0.5, 0.6) is 0 Å². The molecule has 0 amide bonds. The summed E-state index contributed by atoms with van der Waals surface area (Å²) < 4.78 is 11.5. The van der Waals surface area contributed by atoms with Gasteiger partial charge in [-0.25, -0.2) is 0 Å². The van der Waals surface area contributed by atoms with Gasteiger partial charge in [-0.2, -0.15) is 0 Å². The van der Waals surface area contributed by atoms with Crippen LogP contribution in [0.2, 0.25) is 5.02 Å². The van der Waals surface area contributed by atoms with Crippen molar-refractivity contribution in [3.63, 3.8) is 0 Å². The lowest BCUT2D eigenvalue weighted by atomic mass is 10.1. The first-order valence-electron chi connectivity index (χ1n) is 9.27. The van der Waals surface area contributed by atoms with Crippen molar-refractivity contribution in [2.45, 2.75) is 32.0 Å². The summed E-state index contributed by atoms with van der Waals surface area (Å²) in [6.07, 6.45) is 3.95. The summed E-state index contributed by atoms with van der Waals surface area (Å²) in [6.45, 7) is 2.88. The molecule has 1 saturated heterocycles. The summed E-state index contributed by atoms with van der Waals surface area (Å²) in [7, 11) is 0. The Hall–Kier alpha value is -2.14. The monoisotopic (exact) mass is 383 g/mol. The van der Waals surface area contributed by atoms with Gasteiger partial charge in [-0.15, -0.1) is 0 Å². The summed E-state index contributed by atoms with van der Waals surface area (Å²) in [5.74, 6) is 0. The SMILES string of the molecule is O=c1c(CN(Cc2ccccc2)C[C@H]2CCCO2)coc2ccc(Cl)cc12. The number of nitrogens with zero attached hydrogens (tertiary/aromatic N) is 1. The smallest absolute Gasteiger partial charge is 0.197 e. The van der Waals surface area contributed by atoms with Gasteiger partial charge in [-0.1, -0.05) is 41.9 Å². The number of hydrogen-bond acceptors (Lipinski definition) is 4. The second-order valence-electron chi connectivity index (χ2n) is 7.02. The normalized spacial score (nSPS) is 17.0. The fourth-order valence-electron chi connectivity index (χ4n) is 3.60. The van der Waals surface area contributed by atoms with Crippen molar-refractivity contribution < 1.29 is 9.15 Å². The third kappa shape index (κ3) is 4.41.